The summed E-state index contributed by atoms with van der Waals surface area (Å²) in [5.74, 6) is 0.117. The van der Waals surface area contributed by atoms with Gasteiger partial charge in [0.2, 0.25) is 11.9 Å². The molecule has 11 heteroatoms. The van der Waals surface area contributed by atoms with Gasteiger partial charge in [-0.25, -0.2) is 0 Å². The van der Waals surface area contributed by atoms with E-state index in [4.69, 9.17) is 19.9 Å². The van der Waals surface area contributed by atoms with E-state index in [1.165, 1.54) is 20.3 Å². The largest absolute Gasteiger partial charge is 0.493 e. The van der Waals surface area contributed by atoms with Crippen LogP contribution in [0.2, 0.25) is 0 Å². The van der Waals surface area contributed by atoms with Gasteiger partial charge >= 0.3 is 5.97 Å². The Morgan fingerprint density at radius 3 is 2.48 bits per heavy atom. The zero-order valence-corrected chi connectivity index (χ0v) is 18.4. The van der Waals surface area contributed by atoms with E-state index in [1.54, 1.807) is 12.1 Å². The van der Waals surface area contributed by atoms with Crippen LogP contribution < -0.4 is 25.8 Å². The van der Waals surface area contributed by atoms with Crippen molar-refractivity contribution in [3.05, 3.63) is 59.4 Å². The summed E-state index contributed by atoms with van der Waals surface area (Å²) in [4.78, 5) is 36.6. The van der Waals surface area contributed by atoms with Crippen molar-refractivity contribution in [2.45, 2.75) is 13.5 Å². The molecule has 33 heavy (non-hydrogen) atoms. The van der Waals surface area contributed by atoms with Crippen LogP contribution in [-0.4, -0.2) is 47.6 Å². The summed E-state index contributed by atoms with van der Waals surface area (Å²) in [6, 6.07) is 12.3. The maximum Gasteiger partial charge on any atom is 0.325 e. The van der Waals surface area contributed by atoms with Crippen molar-refractivity contribution in [3.8, 4) is 11.5 Å². The lowest BCUT2D eigenvalue weighted by atomic mass is 10.2. The zero-order chi connectivity index (χ0) is 23.8. The molecule has 1 heterocycles. The van der Waals surface area contributed by atoms with Gasteiger partial charge in [-0.1, -0.05) is 18.2 Å². The maximum atomic E-state index is 12.3. The highest BCUT2D eigenvalue weighted by molar-refractivity contribution is 5.96. The van der Waals surface area contributed by atoms with Crippen molar-refractivity contribution < 1.29 is 23.8 Å². The number of benzene rings is 2. The number of nitrogens with zero attached hydrogens (tertiary/aromatic N) is 3. The van der Waals surface area contributed by atoms with Crippen molar-refractivity contribution in [2.75, 3.05) is 31.8 Å². The first-order valence-electron chi connectivity index (χ1n) is 9.88. The third-order valence-corrected chi connectivity index (χ3v) is 4.49. The van der Waals surface area contributed by atoms with Gasteiger partial charge in [-0.15, -0.1) is 0 Å². The fourth-order valence-electron chi connectivity index (χ4n) is 2.82. The molecule has 0 unspecified atom stereocenters. The molecular formula is C22H24N6O5. The molecule has 0 bridgehead atoms. The summed E-state index contributed by atoms with van der Waals surface area (Å²) in [6.45, 7) is 1.36. The lowest BCUT2D eigenvalue weighted by molar-refractivity contribution is -0.143. The summed E-state index contributed by atoms with van der Waals surface area (Å²) >= 11 is 0. The van der Waals surface area contributed by atoms with Crippen molar-refractivity contribution in [1.29, 1.82) is 0 Å². The number of methoxy groups -OCH3 is 2. The number of hydrogen-bond donors (Lipinski definition) is 3. The van der Waals surface area contributed by atoms with Crippen molar-refractivity contribution in [3.63, 3.8) is 0 Å². The number of ether oxygens (including phenoxy) is 3. The number of amides is 1. The Balaban J connectivity index is 1.55. The highest BCUT2D eigenvalue weighted by atomic mass is 16.5. The molecule has 0 atom stereocenters. The number of rotatable bonds is 9. The Labute approximate surface area is 190 Å². The molecule has 0 radical (unpaired) electrons. The third-order valence-electron chi connectivity index (χ3n) is 4.49. The van der Waals surface area contributed by atoms with Crippen LogP contribution in [0.1, 0.15) is 21.7 Å². The number of aryl methyl sites for hydroxylation is 1. The summed E-state index contributed by atoms with van der Waals surface area (Å²) < 4.78 is 15.5. The van der Waals surface area contributed by atoms with E-state index in [-0.39, 0.29) is 30.9 Å². The summed E-state index contributed by atoms with van der Waals surface area (Å²) in [6.07, 6.45) is 0. The van der Waals surface area contributed by atoms with E-state index in [9.17, 15) is 9.59 Å². The highest BCUT2D eigenvalue weighted by Gasteiger charge is 2.14. The molecule has 2 aromatic carbocycles. The summed E-state index contributed by atoms with van der Waals surface area (Å²) in [5.41, 5.74) is 7.85. The molecule has 0 saturated carbocycles. The molecule has 3 aromatic rings. The molecular weight excluding hydrogens is 428 g/mol. The number of para-hydroxylation sites is 1. The second-order valence-corrected chi connectivity index (χ2v) is 6.79. The number of carbonyl (C=O) groups excluding carboxylic acids is 2. The molecule has 4 N–H and O–H groups in total. The summed E-state index contributed by atoms with van der Waals surface area (Å²) in [5, 5.41) is 5.54. The summed E-state index contributed by atoms with van der Waals surface area (Å²) in [7, 11) is 2.96. The van der Waals surface area contributed by atoms with Crippen LogP contribution >= 0.6 is 0 Å². The predicted molar refractivity (Wildman–Crippen MR) is 120 cm³/mol. The van der Waals surface area contributed by atoms with Gasteiger partial charge in [0.25, 0.3) is 5.91 Å². The zero-order valence-electron chi connectivity index (χ0n) is 18.4. The number of aromatic nitrogens is 3. The Morgan fingerprint density at radius 2 is 1.76 bits per heavy atom. The van der Waals surface area contributed by atoms with Gasteiger partial charge in [-0.3, -0.25) is 9.59 Å². The second-order valence-electron chi connectivity index (χ2n) is 6.79. The number of nitrogens with two attached hydrogens (primary N) is 1. The van der Waals surface area contributed by atoms with E-state index in [0.29, 0.717) is 17.1 Å². The van der Waals surface area contributed by atoms with Crippen LogP contribution in [0.5, 0.6) is 11.5 Å². The molecule has 172 valence electrons. The van der Waals surface area contributed by atoms with E-state index < -0.39 is 11.9 Å². The number of nitrogen functional groups attached to an aromatic ring is 1. The molecule has 1 amide bonds. The fourth-order valence-corrected chi connectivity index (χ4v) is 2.82. The van der Waals surface area contributed by atoms with Gasteiger partial charge in [-0.2, -0.15) is 15.0 Å². The van der Waals surface area contributed by atoms with Crippen LogP contribution in [0.3, 0.4) is 0 Å². The molecule has 0 aliphatic rings. The minimum Gasteiger partial charge on any atom is -0.493 e. The van der Waals surface area contributed by atoms with Crippen molar-refractivity contribution >= 4 is 29.5 Å². The molecule has 0 spiro atoms. The average molecular weight is 452 g/mol. The quantitative estimate of drug-likeness (QED) is 0.411. The minimum absolute atomic E-state index is 0.0195. The Bertz CT molecular complexity index is 1150. The first-order chi connectivity index (χ1) is 15.9. The molecule has 0 saturated heterocycles. The van der Waals surface area contributed by atoms with Crippen LogP contribution in [0.15, 0.2) is 42.5 Å². The fraction of sp³-hybridized carbons (Fsp3) is 0.227. The highest BCUT2D eigenvalue weighted by Crippen LogP contribution is 2.27. The minimum atomic E-state index is -0.670. The van der Waals surface area contributed by atoms with Crippen molar-refractivity contribution in [1.82, 2.24) is 20.3 Å². The molecule has 0 fully saturated rings. The van der Waals surface area contributed by atoms with Crippen molar-refractivity contribution in [2.24, 2.45) is 0 Å². The number of hydrogen-bond acceptors (Lipinski definition) is 10. The molecule has 3 rings (SSSR count). The van der Waals surface area contributed by atoms with Gasteiger partial charge in [0, 0.05) is 11.3 Å². The normalized spacial score (nSPS) is 10.3. The maximum absolute atomic E-state index is 12.3. The lowest BCUT2D eigenvalue weighted by Crippen LogP contribution is -2.30. The average Bonchev–Trinajstić information content (AvgIpc) is 2.81. The SMILES string of the molecule is COc1ccc(C(=O)NCC(=O)OCc2nc(N)nc(Nc3ccccc3C)n2)cc1OC. The smallest absolute Gasteiger partial charge is 0.325 e. The monoisotopic (exact) mass is 452 g/mol. The Kier molecular flexibility index (Phi) is 7.58. The van der Waals surface area contributed by atoms with Gasteiger partial charge in [0.1, 0.15) is 6.54 Å². The first kappa shape index (κ1) is 23.3. The Hall–Kier alpha value is -4.41. The van der Waals surface area contributed by atoms with E-state index in [1.807, 2.05) is 31.2 Å². The topological polar surface area (TPSA) is 151 Å². The molecule has 1 aromatic heterocycles. The first-order valence-corrected chi connectivity index (χ1v) is 9.88. The standard InChI is InChI=1S/C22H24N6O5/c1-13-6-4-5-7-15(13)25-22-27-18(26-21(23)28-22)12-33-19(29)11-24-20(30)14-8-9-16(31-2)17(10-14)32-3/h4-10H,11-12H2,1-3H3,(H,24,30)(H3,23,25,26,27,28). The van der Waals surface area contributed by atoms with Crippen LogP contribution in [0, 0.1) is 6.92 Å². The number of esters is 1. The number of nitrogens with one attached hydrogen (secondary N) is 2. The van der Waals surface area contributed by atoms with Gasteiger partial charge in [0.05, 0.1) is 14.2 Å². The van der Waals surface area contributed by atoms with Gasteiger partial charge in [-0.05, 0) is 36.8 Å². The second kappa shape index (κ2) is 10.8. The van der Waals surface area contributed by atoms with Gasteiger partial charge in [0.15, 0.2) is 23.9 Å². The Morgan fingerprint density at radius 1 is 1.00 bits per heavy atom. The van der Waals surface area contributed by atoms with E-state index in [2.05, 4.69) is 25.6 Å². The molecule has 0 aliphatic heterocycles. The third kappa shape index (κ3) is 6.29. The lowest BCUT2D eigenvalue weighted by Gasteiger charge is -2.11. The number of anilines is 3. The van der Waals surface area contributed by atoms with E-state index in [0.717, 1.165) is 11.3 Å². The van der Waals surface area contributed by atoms with Gasteiger partial charge < -0.3 is 30.6 Å². The molecule has 0 aliphatic carbocycles. The van der Waals surface area contributed by atoms with E-state index >= 15 is 0 Å². The predicted octanol–water partition coefficient (Wildman–Crippen LogP) is 2.00. The van der Waals surface area contributed by atoms with Crippen LogP contribution in [0.4, 0.5) is 17.6 Å². The van der Waals surface area contributed by atoms with Crippen LogP contribution in [0.25, 0.3) is 0 Å². The van der Waals surface area contributed by atoms with Crippen LogP contribution in [-0.2, 0) is 16.1 Å². The molecule has 11 nitrogen and oxygen atoms in total. The number of carbonyl (C=O) groups is 2.